The number of ketones is 4. The van der Waals surface area contributed by atoms with Crippen molar-refractivity contribution in [3.05, 3.63) is 188 Å². The molecule has 0 aromatic heterocycles. The van der Waals surface area contributed by atoms with Gasteiger partial charge < -0.3 is 25.3 Å². The van der Waals surface area contributed by atoms with E-state index in [1.54, 1.807) is 21.6 Å². The molecule has 4 amide bonds. The normalized spacial score (nSPS) is 23.3. The van der Waals surface area contributed by atoms with Crippen LogP contribution < -0.4 is 5.73 Å². The first-order valence-corrected chi connectivity index (χ1v) is 32.1. The van der Waals surface area contributed by atoms with Crippen molar-refractivity contribution in [2.45, 2.75) is 218 Å². The predicted octanol–water partition coefficient (Wildman–Crippen LogP) is 13.5. The van der Waals surface area contributed by atoms with E-state index in [0.717, 1.165) is 138 Å². The molecule has 14 heteroatoms. The molecule has 4 aromatic carbocycles. The summed E-state index contributed by atoms with van der Waals surface area (Å²) in [5, 5.41) is 0. The van der Waals surface area contributed by atoms with Gasteiger partial charge in [-0.05, 0) is 190 Å². The Hall–Kier alpha value is -7.71. The number of nitrogens with two attached hydrogens (primary N) is 1. The monoisotopic (exact) mass is 1190 g/mol. The summed E-state index contributed by atoms with van der Waals surface area (Å²) < 4.78 is 13.5. The summed E-state index contributed by atoms with van der Waals surface area (Å²) in [6.07, 6.45) is 16.5. The molecule has 5 aliphatic carbocycles. The average Bonchev–Trinajstić information content (AvgIpc) is 1.81. The number of aryl methyl sites for hydroxylation is 1. The number of Topliss-reactive ketones (excluding diaryl/α,β-unsaturated/α-hetero) is 4. The van der Waals surface area contributed by atoms with Crippen molar-refractivity contribution in [3.8, 4) is 0 Å². The number of allylic oxidation sites excluding steroid dienone is 4. The molecular weight excluding hydrogens is 1110 g/mol. The van der Waals surface area contributed by atoms with Crippen molar-refractivity contribution in [2.75, 3.05) is 0 Å². The number of hydrogen-bond donors (Lipinski definition) is 1. The molecule has 462 valence electrons. The lowest BCUT2D eigenvalue weighted by molar-refractivity contribution is -0.123. The van der Waals surface area contributed by atoms with Crippen LogP contribution in [0, 0.1) is 12.7 Å². The Morgan fingerprint density at radius 2 is 0.932 bits per heavy atom. The first kappa shape index (κ1) is 63.3. The second-order valence-electron chi connectivity index (χ2n) is 26.1. The van der Waals surface area contributed by atoms with Crippen LogP contribution in [0.1, 0.15) is 240 Å². The fraction of sp³-hybridized carbons (Fsp3) is 0.459. The van der Waals surface area contributed by atoms with Gasteiger partial charge in [0, 0.05) is 80.7 Å². The van der Waals surface area contributed by atoms with Crippen LogP contribution in [-0.2, 0) is 51.9 Å². The Bertz CT molecular complexity index is 3430. The van der Waals surface area contributed by atoms with Crippen LogP contribution in [0.25, 0.3) is 0 Å². The van der Waals surface area contributed by atoms with Crippen molar-refractivity contribution in [2.24, 2.45) is 5.73 Å². The highest BCUT2D eigenvalue weighted by Gasteiger charge is 2.42. The summed E-state index contributed by atoms with van der Waals surface area (Å²) in [7, 11) is 0. The number of fused-ring (bicyclic) bond motifs is 4. The zero-order valence-electron chi connectivity index (χ0n) is 51.8. The number of hydrogen-bond acceptors (Lipinski definition) is 9. The standard InChI is InChI=1S/C20H23NO2.C20H25NO2.C17H18FNO2.C17H20N2O2/c1-13-5-2-10-18(19(22)11-13)21-12-17-15(14-6-3-7-14)8-4-9-16(17)20(21)23;1-4-14(3)15-8-6-9-16-17(15)12-21(20(16)23)18-10-5-7-13(2)11-19(18)22;1-10-4-3-5-15(16(20)6-10)19-9-14-11(2)7-12(18)8-13(14)17(19)21;1-11-3-2-4-15(16(20)7-11)19-10-13-8-12(9-18)5-6-14(13)17(19)21/h4,8-9,14,18H,1-3,5-7,10-12H2;6,8-9,14,18H,2,4-5,7,10-12H2,1,3H3;7-8,15H,1,3-6,9H2,2H3;5-6,8,15H,1-4,7,9-10,18H2/t18-;14?,18-;2*15-/m0000/s1. The minimum absolute atomic E-state index is 0.0241. The molecule has 9 aliphatic rings. The average molecular weight is 1190 g/mol. The number of nitrogens with zero attached hydrogens (tertiary/aromatic N) is 4. The molecule has 5 atom stereocenters. The second-order valence-corrected chi connectivity index (χ2v) is 26.1. The molecule has 0 spiro atoms. The van der Waals surface area contributed by atoms with Crippen LogP contribution in [0.15, 0.2) is 115 Å². The van der Waals surface area contributed by atoms with Gasteiger partial charge in [0.25, 0.3) is 23.6 Å². The minimum Gasteiger partial charge on any atom is -0.326 e. The minimum atomic E-state index is -0.401. The van der Waals surface area contributed by atoms with Gasteiger partial charge in [0.1, 0.15) is 5.82 Å². The molecule has 5 fully saturated rings. The SMILES string of the molecule is C=C1CCC[C@H](N2Cc3c(C)cc(F)cc3C2=O)C(=O)C1.C=C1CCC[C@H](N2Cc3c(cccc3C(C)CC)C2=O)C(=O)C1.C=C1CCC[C@H](N2Cc3c(cccc3C3CCC3)C2=O)C(=O)C1.C=C1CCC[C@H](N2Cc3cc(CN)ccc3C2=O)C(=O)C1. The zero-order valence-corrected chi connectivity index (χ0v) is 51.8. The molecule has 0 bridgehead atoms. The molecule has 2 N–H and O–H groups in total. The molecule has 13 nitrogen and oxygen atoms in total. The summed E-state index contributed by atoms with van der Waals surface area (Å²) in [5.41, 5.74) is 20.8. The van der Waals surface area contributed by atoms with E-state index in [1.165, 1.54) is 48.1 Å². The summed E-state index contributed by atoms with van der Waals surface area (Å²) in [4.78, 5) is 108. The Labute approximate surface area is 518 Å². The van der Waals surface area contributed by atoms with Gasteiger partial charge in [0.05, 0.1) is 24.2 Å². The van der Waals surface area contributed by atoms with Gasteiger partial charge in [-0.25, -0.2) is 4.39 Å². The maximum Gasteiger partial charge on any atom is 0.255 e. The van der Waals surface area contributed by atoms with E-state index in [0.29, 0.717) is 87.8 Å². The van der Waals surface area contributed by atoms with E-state index in [1.807, 2.05) is 47.4 Å². The first-order chi connectivity index (χ1) is 42.2. The van der Waals surface area contributed by atoms with E-state index in [2.05, 4.69) is 52.3 Å². The molecule has 4 heterocycles. The number of carbonyl (C=O) groups excluding carboxylic acids is 8. The smallest absolute Gasteiger partial charge is 0.255 e. The largest absolute Gasteiger partial charge is 0.326 e. The molecule has 13 rings (SSSR count). The lowest BCUT2D eigenvalue weighted by Gasteiger charge is -2.28. The highest BCUT2D eigenvalue weighted by molar-refractivity contribution is 6.05. The maximum atomic E-state index is 13.5. The third-order valence-corrected chi connectivity index (χ3v) is 20.0. The molecule has 0 radical (unpaired) electrons. The molecule has 5 saturated carbocycles. The third-order valence-electron chi connectivity index (χ3n) is 20.0. The van der Waals surface area contributed by atoms with Crippen LogP contribution >= 0.6 is 0 Å². The van der Waals surface area contributed by atoms with Gasteiger partial charge in [-0.2, -0.15) is 0 Å². The fourth-order valence-electron chi connectivity index (χ4n) is 14.6. The molecular formula is C74H86FN5O8. The number of halogens is 1. The molecule has 88 heavy (non-hydrogen) atoms. The van der Waals surface area contributed by atoms with Gasteiger partial charge in [-0.3, -0.25) is 38.4 Å². The lowest BCUT2D eigenvalue weighted by atomic mass is 9.77. The second kappa shape index (κ2) is 27.4. The highest BCUT2D eigenvalue weighted by atomic mass is 19.1. The quantitative estimate of drug-likeness (QED) is 0.133. The van der Waals surface area contributed by atoms with E-state index < -0.39 is 11.9 Å². The van der Waals surface area contributed by atoms with Crippen LogP contribution in [0.4, 0.5) is 4.39 Å². The van der Waals surface area contributed by atoms with Gasteiger partial charge in [0.15, 0.2) is 23.1 Å². The summed E-state index contributed by atoms with van der Waals surface area (Å²) >= 11 is 0. The summed E-state index contributed by atoms with van der Waals surface area (Å²) in [5.74, 6) is 0.958. The van der Waals surface area contributed by atoms with Crippen LogP contribution in [-0.4, -0.2) is 90.5 Å². The van der Waals surface area contributed by atoms with Crippen LogP contribution in [0.2, 0.25) is 0 Å². The van der Waals surface area contributed by atoms with Crippen molar-refractivity contribution >= 4 is 46.8 Å². The molecule has 4 aliphatic heterocycles. The van der Waals surface area contributed by atoms with Gasteiger partial charge in [0.2, 0.25) is 0 Å². The van der Waals surface area contributed by atoms with Crippen molar-refractivity contribution in [1.29, 1.82) is 0 Å². The third kappa shape index (κ3) is 13.3. The van der Waals surface area contributed by atoms with E-state index >= 15 is 0 Å². The Morgan fingerprint density at radius 1 is 0.500 bits per heavy atom. The van der Waals surface area contributed by atoms with E-state index in [9.17, 15) is 42.7 Å². The molecule has 0 saturated heterocycles. The van der Waals surface area contributed by atoms with E-state index in [4.69, 9.17) is 5.73 Å². The Morgan fingerprint density at radius 3 is 1.40 bits per heavy atom. The Kier molecular flexibility index (Phi) is 19.7. The van der Waals surface area contributed by atoms with Gasteiger partial charge in [-0.1, -0.05) is 105 Å². The number of amides is 4. The lowest BCUT2D eigenvalue weighted by Crippen LogP contribution is -2.40. The van der Waals surface area contributed by atoms with E-state index in [-0.39, 0.29) is 64.9 Å². The number of rotatable bonds is 8. The zero-order chi connectivity index (χ0) is 62.7. The van der Waals surface area contributed by atoms with Gasteiger partial charge in [-0.15, -0.1) is 0 Å². The Balaban J connectivity index is 0.000000130. The number of carbonyl (C=O) groups is 8. The molecule has 4 aromatic rings. The van der Waals surface area contributed by atoms with Crippen molar-refractivity contribution < 1.29 is 42.7 Å². The number of benzene rings is 4. The topological polar surface area (TPSA) is 176 Å². The summed E-state index contributed by atoms with van der Waals surface area (Å²) in [6, 6.07) is 19.3. The maximum absolute atomic E-state index is 13.5. The van der Waals surface area contributed by atoms with Crippen LogP contribution in [0.3, 0.4) is 0 Å². The van der Waals surface area contributed by atoms with Gasteiger partial charge >= 0.3 is 0 Å². The van der Waals surface area contributed by atoms with Crippen molar-refractivity contribution in [1.82, 2.24) is 19.6 Å². The van der Waals surface area contributed by atoms with Crippen molar-refractivity contribution in [3.63, 3.8) is 0 Å². The first-order valence-electron chi connectivity index (χ1n) is 32.1. The predicted molar refractivity (Wildman–Crippen MR) is 339 cm³/mol. The molecule has 1 unspecified atom stereocenters. The fourth-order valence-corrected chi connectivity index (χ4v) is 14.6. The highest BCUT2D eigenvalue weighted by Crippen LogP contribution is 2.43. The van der Waals surface area contributed by atoms with Crippen LogP contribution in [0.5, 0.6) is 0 Å². The summed E-state index contributed by atoms with van der Waals surface area (Å²) in [6.45, 7) is 24.5.